The summed E-state index contributed by atoms with van der Waals surface area (Å²) in [6.45, 7) is 14.9. The summed E-state index contributed by atoms with van der Waals surface area (Å²) in [5, 5.41) is 11.3. The van der Waals surface area contributed by atoms with Gasteiger partial charge in [0.1, 0.15) is 36.8 Å². The number of anilines is 1. The summed E-state index contributed by atoms with van der Waals surface area (Å²) in [6, 6.07) is 6.92. The quantitative estimate of drug-likeness (QED) is 0.0659. The van der Waals surface area contributed by atoms with Gasteiger partial charge in [0.25, 0.3) is 0 Å². The number of methoxy groups -OCH3 is 1. The molecule has 0 radical (unpaired) electrons. The van der Waals surface area contributed by atoms with Crippen LogP contribution in [-0.4, -0.2) is 55.7 Å². The normalized spacial score (nSPS) is 17.1. The molecule has 48 heavy (non-hydrogen) atoms. The van der Waals surface area contributed by atoms with Crippen molar-refractivity contribution in [1.82, 2.24) is 9.97 Å². The van der Waals surface area contributed by atoms with Crippen molar-refractivity contribution in [1.29, 1.82) is 0 Å². The third kappa shape index (κ3) is 6.50. The van der Waals surface area contributed by atoms with Crippen LogP contribution in [0.3, 0.4) is 0 Å². The zero-order chi connectivity index (χ0) is 35.1. The molecule has 0 unspecified atom stereocenters. The molecule has 3 aromatic carbocycles. The van der Waals surface area contributed by atoms with Gasteiger partial charge in [-0.15, -0.1) is 5.54 Å². The SMILES string of the molecule is COCOc1cc(-c2c(F)cc3c(N4CCC[C@@](C)(O)C4)nc(F)nc3c2F)c2c(C#C[Si](C(C)C)(C(C)C)C(C)C)c(F)ccc2c1. The van der Waals surface area contributed by atoms with Gasteiger partial charge < -0.3 is 19.5 Å². The fourth-order valence-corrected chi connectivity index (χ4v) is 12.8. The van der Waals surface area contributed by atoms with Crippen molar-refractivity contribution >= 4 is 35.6 Å². The Morgan fingerprint density at radius 1 is 0.979 bits per heavy atom. The zero-order valence-corrected chi connectivity index (χ0v) is 29.8. The standard InChI is InChI=1S/C37H43F4N3O3Si/c1-21(2)48(22(3)4,23(5)6)15-12-26-29(38)11-10-24-16-25(47-20-46-8)17-27(31(24)26)32-30(39)18-28-34(33(32)40)42-36(41)43-35(28)44-14-9-13-37(7,45)19-44/h10-11,16-18,21-23,45H,9,13-14,19-20H2,1-8H3/t37-/m1/s1. The summed E-state index contributed by atoms with van der Waals surface area (Å²) in [4.78, 5) is 9.26. The Balaban J connectivity index is 1.84. The second kappa shape index (κ2) is 13.7. The van der Waals surface area contributed by atoms with Gasteiger partial charge in [-0.05, 0) is 66.0 Å². The average molecular weight is 682 g/mol. The van der Waals surface area contributed by atoms with E-state index in [0.29, 0.717) is 24.8 Å². The Morgan fingerprint density at radius 2 is 1.67 bits per heavy atom. The van der Waals surface area contributed by atoms with Crippen LogP contribution in [0, 0.1) is 35.0 Å². The zero-order valence-electron chi connectivity index (χ0n) is 28.8. The fourth-order valence-electron chi connectivity index (χ4n) is 7.59. The molecule has 11 heteroatoms. The van der Waals surface area contributed by atoms with E-state index < -0.39 is 48.3 Å². The molecule has 1 saturated heterocycles. The van der Waals surface area contributed by atoms with Crippen LogP contribution in [0.25, 0.3) is 32.8 Å². The highest BCUT2D eigenvalue weighted by molar-refractivity contribution is 6.90. The van der Waals surface area contributed by atoms with Crippen LogP contribution in [0.4, 0.5) is 23.4 Å². The van der Waals surface area contributed by atoms with Crippen LogP contribution >= 0.6 is 0 Å². The second-order valence-corrected chi connectivity index (χ2v) is 19.6. The molecule has 1 aliphatic rings. The number of ether oxygens (including phenoxy) is 2. The van der Waals surface area contributed by atoms with Crippen molar-refractivity contribution in [3.05, 3.63) is 59.4 Å². The number of aromatic nitrogens is 2. The lowest BCUT2D eigenvalue weighted by atomic mass is 9.92. The molecule has 1 aliphatic heterocycles. The van der Waals surface area contributed by atoms with E-state index in [1.54, 1.807) is 17.9 Å². The van der Waals surface area contributed by atoms with E-state index in [1.807, 2.05) is 0 Å². The van der Waals surface area contributed by atoms with E-state index in [9.17, 15) is 9.50 Å². The average Bonchev–Trinajstić information content (AvgIpc) is 3.00. The number of rotatable bonds is 8. The highest BCUT2D eigenvalue weighted by Crippen LogP contribution is 2.43. The lowest BCUT2D eigenvalue weighted by Crippen LogP contribution is -2.46. The molecular formula is C37H43F4N3O3Si. The van der Waals surface area contributed by atoms with Crippen LogP contribution in [0.5, 0.6) is 5.75 Å². The fraction of sp³-hybridized carbons (Fsp3) is 0.459. The third-order valence-corrected chi connectivity index (χ3v) is 16.0. The predicted molar refractivity (Wildman–Crippen MR) is 185 cm³/mol. The maximum Gasteiger partial charge on any atom is 0.311 e. The van der Waals surface area contributed by atoms with E-state index >= 15 is 13.2 Å². The van der Waals surface area contributed by atoms with Crippen LogP contribution < -0.4 is 9.64 Å². The first-order chi connectivity index (χ1) is 22.6. The van der Waals surface area contributed by atoms with Gasteiger partial charge in [-0.2, -0.15) is 14.4 Å². The Bertz CT molecular complexity index is 1900. The number of halogens is 4. The second-order valence-electron chi connectivity index (χ2n) is 14.0. The minimum Gasteiger partial charge on any atom is -0.468 e. The third-order valence-electron chi connectivity index (χ3n) is 9.73. The minimum atomic E-state index is -2.34. The van der Waals surface area contributed by atoms with Gasteiger partial charge in [0, 0.05) is 36.5 Å². The van der Waals surface area contributed by atoms with Crippen molar-refractivity contribution < 1.29 is 32.1 Å². The van der Waals surface area contributed by atoms with Gasteiger partial charge in [0.05, 0.1) is 16.7 Å². The van der Waals surface area contributed by atoms with E-state index in [4.69, 9.17) is 9.47 Å². The highest BCUT2D eigenvalue weighted by Gasteiger charge is 2.42. The summed E-state index contributed by atoms with van der Waals surface area (Å²) in [5.41, 5.74) is 2.27. The van der Waals surface area contributed by atoms with Crippen LogP contribution in [0.1, 0.15) is 66.9 Å². The molecule has 0 bridgehead atoms. The molecule has 2 heterocycles. The molecule has 0 aliphatic carbocycles. The molecule has 4 aromatic rings. The van der Waals surface area contributed by atoms with E-state index in [0.717, 1.165) is 6.07 Å². The first kappa shape index (κ1) is 35.6. The highest BCUT2D eigenvalue weighted by atomic mass is 28.3. The molecule has 0 spiro atoms. The Morgan fingerprint density at radius 3 is 2.29 bits per heavy atom. The van der Waals surface area contributed by atoms with Crippen LogP contribution in [0.15, 0.2) is 30.3 Å². The van der Waals surface area contributed by atoms with E-state index in [-0.39, 0.29) is 63.4 Å². The van der Waals surface area contributed by atoms with Gasteiger partial charge in [-0.3, -0.25) is 0 Å². The molecule has 6 nitrogen and oxygen atoms in total. The molecule has 1 aromatic heterocycles. The summed E-state index contributed by atoms with van der Waals surface area (Å²) < 4.78 is 74.9. The first-order valence-corrected chi connectivity index (χ1v) is 18.6. The predicted octanol–water partition coefficient (Wildman–Crippen LogP) is 8.91. The molecule has 0 amide bonds. The number of hydrogen-bond acceptors (Lipinski definition) is 6. The number of piperidine rings is 1. The molecule has 1 N–H and O–H groups in total. The number of aliphatic hydroxyl groups is 1. The van der Waals surface area contributed by atoms with Crippen molar-refractivity contribution in [2.75, 3.05) is 31.9 Å². The molecule has 5 rings (SSSR count). The summed E-state index contributed by atoms with van der Waals surface area (Å²) in [5.74, 6) is 0.629. The topological polar surface area (TPSA) is 67.7 Å². The number of nitrogens with zero attached hydrogens (tertiary/aromatic N) is 3. The number of benzene rings is 3. The molecule has 256 valence electrons. The molecular weight excluding hydrogens is 639 g/mol. The van der Waals surface area contributed by atoms with E-state index in [1.165, 1.54) is 25.3 Å². The maximum absolute atomic E-state index is 16.8. The summed E-state index contributed by atoms with van der Waals surface area (Å²) in [6.07, 6.45) is -0.100. The van der Waals surface area contributed by atoms with E-state index in [2.05, 4.69) is 63.0 Å². The van der Waals surface area contributed by atoms with Gasteiger partial charge in [0.2, 0.25) is 0 Å². The first-order valence-electron chi connectivity index (χ1n) is 16.3. The van der Waals surface area contributed by atoms with Crippen LogP contribution in [-0.2, 0) is 4.74 Å². The lowest BCUT2D eigenvalue weighted by Gasteiger charge is -2.38. The molecule has 0 saturated carbocycles. The van der Waals surface area contributed by atoms with Crippen LogP contribution in [0.2, 0.25) is 16.6 Å². The minimum absolute atomic E-state index is 0.0150. The smallest absolute Gasteiger partial charge is 0.311 e. The van der Waals surface area contributed by atoms with Gasteiger partial charge in [0.15, 0.2) is 12.6 Å². The van der Waals surface area contributed by atoms with Crippen molar-refractivity contribution in [2.45, 2.75) is 83.5 Å². The Hall–Kier alpha value is -3.72. The van der Waals surface area contributed by atoms with Crippen molar-refractivity contribution in [3.63, 3.8) is 0 Å². The largest absolute Gasteiger partial charge is 0.468 e. The van der Waals surface area contributed by atoms with Gasteiger partial charge in [-0.1, -0.05) is 53.5 Å². The number of β-amino-alcohol motifs (C(OH)–C–C–N with tert-alkyl or cyclic N) is 1. The summed E-state index contributed by atoms with van der Waals surface area (Å²) in [7, 11) is -0.902. The van der Waals surface area contributed by atoms with Crippen molar-refractivity contribution in [3.8, 4) is 28.3 Å². The Labute approximate surface area is 280 Å². The number of fused-ring (bicyclic) bond motifs is 2. The lowest BCUT2D eigenvalue weighted by molar-refractivity contribution is 0.0447. The molecule has 1 atom stereocenters. The Kier molecular flexibility index (Phi) is 10.1. The van der Waals surface area contributed by atoms with Gasteiger partial charge >= 0.3 is 6.08 Å². The number of hydrogen-bond donors (Lipinski definition) is 1. The van der Waals surface area contributed by atoms with Gasteiger partial charge in [-0.25, -0.2) is 13.2 Å². The summed E-state index contributed by atoms with van der Waals surface area (Å²) >= 11 is 0. The van der Waals surface area contributed by atoms with Crippen molar-refractivity contribution in [2.24, 2.45) is 0 Å². The maximum atomic E-state index is 16.8. The monoisotopic (exact) mass is 681 g/mol. The molecule has 1 fully saturated rings.